The second-order valence-electron chi connectivity index (χ2n) is 5.41. The maximum Gasteiger partial charge on any atom is 0.521 e. The number of carbonyl (C=O) groups is 2. The Balaban J connectivity index is 2.93. The van der Waals surface area contributed by atoms with Gasteiger partial charge in [0.05, 0.1) is 21.1 Å². The van der Waals surface area contributed by atoms with E-state index in [4.69, 9.17) is 0 Å². The Bertz CT molecular complexity index is 299. The summed E-state index contributed by atoms with van der Waals surface area (Å²) in [5, 5.41) is 0. The highest BCUT2D eigenvalue weighted by Crippen LogP contribution is 2.24. The van der Waals surface area contributed by atoms with Gasteiger partial charge in [-0.3, -0.25) is 0 Å². The third-order valence-electron chi connectivity index (χ3n) is 3.39. The molecule has 3 amide bonds. The zero-order valence-electron chi connectivity index (χ0n) is 10.4. The van der Waals surface area contributed by atoms with E-state index >= 15 is 0 Å². The third-order valence-corrected chi connectivity index (χ3v) is 3.39. The molecule has 1 heterocycles. The molecule has 2 unspecified atom stereocenters. The quantitative estimate of drug-likeness (QED) is 0.523. The Morgan fingerprint density at radius 3 is 2.13 bits per heavy atom. The molecule has 0 aliphatic carbocycles. The summed E-state index contributed by atoms with van der Waals surface area (Å²) >= 11 is 0. The second-order valence-corrected chi connectivity index (χ2v) is 5.41. The van der Waals surface area contributed by atoms with Crippen LogP contribution in [0.15, 0.2) is 0 Å². The number of likely N-dealkylation sites (N-methyl/N-ethyl adjacent to an activating group) is 2. The monoisotopic (exact) mass is 214 g/mol. The van der Waals surface area contributed by atoms with E-state index in [9.17, 15) is 9.59 Å². The van der Waals surface area contributed by atoms with E-state index < -0.39 is 0 Å². The maximum absolute atomic E-state index is 12.1. The lowest BCUT2D eigenvalue weighted by atomic mass is 10.1. The van der Waals surface area contributed by atoms with Crippen molar-refractivity contribution in [3.8, 4) is 0 Å². The number of rotatable bonds is 3. The minimum absolute atomic E-state index is 0.0142. The van der Waals surface area contributed by atoms with Gasteiger partial charge in [0.1, 0.15) is 6.54 Å². The van der Waals surface area contributed by atoms with Crippen molar-refractivity contribution in [3.63, 3.8) is 0 Å². The average molecular weight is 214 g/mol. The van der Waals surface area contributed by atoms with Crippen LogP contribution in [0.3, 0.4) is 0 Å². The average Bonchev–Trinajstić information content (AvgIpc) is 2.27. The van der Waals surface area contributed by atoms with Gasteiger partial charge in [-0.25, -0.2) is 4.79 Å². The molecule has 0 bridgehead atoms. The Morgan fingerprint density at radius 1 is 1.27 bits per heavy atom. The van der Waals surface area contributed by atoms with Gasteiger partial charge in [0.2, 0.25) is 6.54 Å². The molecule has 4 nitrogen and oxygen atoms in total. The molecule has 1 fully saturated rings. The molecular formula is C11H22N2O2+2. The van der Waals surface area contributed by atoms with Crippen LogP contribution in [0.25, 0.3) is 0 Å². The lowest BCUT2D eigenvalue weighted by molar-refractivity contribution is -0.866. The van der Waals surface area contributed by atoms with Gasteiger partial charge in [0.25, 0.3) is 0 Å². The molecular weight excluding hydrogens is 192 g/mol. The van der Waals surface area contributed by atoms with E-state index in [0.29, 0.717) is 19.0 Å². The van der Waals surface area contributed by atoms with Gasteiger partial charge in [0, 0.05) is 5.92 Å². The van der Waals surface area contributed by atoms with Crippen molar-refractivity contribution in [3.05, 3.63) is 0 Å². The molecule has 0 saturated carbocycles. The van der Waals surface area contributed by atoms with Crippen LogP contribution < -0.4 is 0 Å². The van der Waals surface area contributed by atoms with Crippen LogP contribution in [-0.2, 0) is 4.79 Å². The Kier molecular flexibility index (Phi) is 3.03. The molecule has 2 atom stereocenters. The van der Waals surface area contributed by atoms with Crippen molar-refractivity contribution in [2.75, 3.05) is 34.2 Å². The number of amides is 3. The van der Waals surface area contributed by atoms with Crippen molar-refractivity contribution in [1.29, 1.82) is 0 Å². The summed E-state index contributed by atoms with van der Waals surface area (Å²) < 4.78 is 0.160. The molecule has 86 valence electrons. The smallest absolute Gasteiger partial charge is 0.223 e. The standard InChI is InChI=1S/C11H22N2O2/c1-6-9(2)7-13(5)10(14)8-12(3,4)11(13)15/h9H,6-8H2,1-5H3/q+2. The second kappa shape index (κ2) is 3.68. The number of carbonyl (C=O) groups excluding carboxylic acids is 2. The van der Waals surface area contributed by atoms with Gasteiger partial charge in [-0.15, -0.1) is 4.48 Å². The summed E-state index contributed by atoms with van der Waals surface area (Å²) in [5.74, 6) is 0.450. The zero-order chi connectivity index (χ0) is 11.9. The van der Waals surface area contributed by atoms with E-state index in [-0.39, 0.29) is 20.9 Å². The molecule has 1 aliphatic rings. The summed E-state index contributed by atoms with van der Waals surface area (Å²) in [6, 6.07) is 0.0142. The highest BCUT2D eigenvalue weighted by molar-refractivity contribution is 5.86. The maximum atomic E-state index is 12.1. The summed E-state index contributed by atoms with van der Waals surface area (Å²) in [6.07, 6.45) is 1.00. The molecule has 4 heteroatoms. The largest absolute Gasteiger partial charge is 0.521 e. The molecule has 0 radical (unpaired) electrons. The minimum Gasteiger partial charge on any atom is -0.223 e. The highest BCUT2D eigenvalue weighted by atomic mass is 16.2. The van der Waals surface area contributed by atoms with Crippen molar-refractivity contribution in [2.24, 2.45) is 5.92 Å². The topological polar surface area (TPSA) is 34.1 Å². The Morgan fingerprint density at radius 2 is 1.80 bits per heavy atom. The number of nitrogens with zero attached hydrogens (tertiary/aromatic N) is 2. The molecule has 1 saturated heterocycles. The van der Waals surface area contributed by atoms with Crippen LogP contribution in [0.2, 0.25) is 0 Å². The van der Waals surface area contributed by atoms with Gasteiger partial charge < -0.3 is 0 Å². The molecule has 0 aromatic carbocycles. The van der Waals surface area contributed by atoms with E-state index in [1.165, 1.54) is 0 Å². The van der Waals surface area contributed by atoms with E-state index in [0.717, 1.165) is 6.42 Å². The van der Waals surface area contributed by atoms with Gasteiger partial charge in [0.15, 0.2) is 0 Å². The van der Waals surface area contributed by atoms with Gasteiger partial charge in [-0.1, -0.05) is 13.8 Å². The highest BCUT2D eigenvalue weighted by Gasteiger charge is 2.60. The van der Waals surface area contributed by atoms with Crippen molar-refractivity contribution in [2.45, 2.75) is 20.3 Å². The molecule has 1 aliphatic heterocycles. The first-order valence-electron chi connectivity index (χ1n) is 5.51. The number of hydrogen-bond acceptors (Lipinski definition) is 2. The summed E-state index contributed by atoms with van der Waals surface area (Å²) in [5.41, 5.74) is 0. The first kappa shape index (κ1) is 12.3. The van der Waals surface area contributed by atoms with E-state index in [2.05, 4.69) is 13.8 Å². The predicted molar refractivity (Wildman–Crippen MR) is 57.9 cm³/mol. The fourth-order valence-electron chi connectivity index (χ4n) is 2.20. The fourth-order valence-corrected chi connectivity index (χ4v) is 2.20. The predicted octanol–water partition coefficient (Wildman–Crippen LogP) is 1.22. The third kappa shape index (κ3) is 1.96. The van der Waals surface area contributed by atoms with Crippen molar-refractivity contribution < 1.29 is 18.6 Å². The zero-order valence-corrected chi connectivity index (χ0v) is 10.4. The van der Waals surface area contributed by atoms with Crippen LogP contribution in [0.5, 0.6) is 0 Å². The van der Waals surface area contributed by atoms with Crippen LogP contribution in [0, 0.1) is 5.92 Å². The minimum atomic E-state index is -0.0258. The molecule has 0 spiro atoms. The SMILES string of the molecule is CCC(C)C[N+]1(C)C(=O)C[N+](C)(C)C1=O. The van der Waals surface area contributed by atoms with Gasteiger partial charge in [-0.2, -0.15) is 9.28 Å². The normalized spacial score (nSPS) is 32.1. The molecule has 0 N–H and O–H groups in total. The summed E-state index contributed by atoms with van der Waals surface area (Å²) in [6.45, 7) is 5.13. The van der Waals surface area contributed by atoms with Crippen LogP contribution in [0.1, 0.15) is 20.3 Å². The van der Waals surface area contributed by atoms with Crippen LogP contribution in [-0.4, -0.2) is 55.1 Å². The lowest BCUT2D eigenvalue weighted by Gasteiger charge is -2.25. The van der Waals surface area contributed by atoms with Crippen molar-refractivity contribution >= 4 is 11.9 Å². The Hall–Kier alpha value is -0.740. The lowest BCUT2D eigenvalue weighted by Crippen LogP contribution is -2.55. The molecule has 15 heavy (non-hydrogen) atoms. The van der Waals surface area contributed by atoms with Crippen LogP contribution in [0.4, 0.5) is 4.79 Å². The first-order valence-corrected chi connectivity index (χ1v) is 5.51. The molecule has 0 aromatic heterocycles. The molecule has 1 rings (SSSR count). The number of quaternary nitrogens is 2. The number of urea groups is 1. The summed E-state index contributed by atoms with van der Waals surface area (Å²) in [4.78, 5) is 24.0. The number of hydrogen-bond donors (Lipinski definition) is 0. The van der Waals surface area contributed by atoms with Crippen molar-refractivity contribution in [1.82, 2.24) is 0 Å². The number of imide groups is 1. The first-order chi connectivity index (χ1) is 6.74. The van der Waals surface area contributed by atoms with E-state index in [1.807, 2.05) is 0 Å². The van der Waals surface area contributed by atoms with E-state index in [1.54, 1.807) is 21.1 Å². The van der Waals surface area contributed by atoms with Gasteiger partial charge >= 0.3 is 11.9 Å². The summed E-state index contributed by atoms with van der Waals surface area (Å²) in [7, 11) is 5.37. The van der Waals surface area contributed by atoms with Crippen LogP contribution >= 0.6 is 0 Å². The molecule has 0 aromatic rings. The Labute approximate surface area is 91.6 Å². The van der Waals surface area contributed by atoms with Gasteiger partial charge in [-0.05, 0) is 6.42 Å². The fraction of sp³-hybridized carbons (Fsp3) is 0.818.